The standard InChI is InChI=1S/C26H24N2O3/c1-30-21-8-5-6-18(16-21)10-13-25(29)28-23-12-11-20(17-24(23)31-2)26-22-9-4-3-7-19(22)14-15-27-26/h3-13,16-17H,14-15H2,1-2H3,(H,28,29)/b13-10+. The van der Waals surface area contributed by atoms with Crippen LogP contribution in [0.4, 0.5) is 5.69 Å². The van der Waals surface area contributed by atoms with Crippen molar-refractivity contribution in [3.8, 4) is 11.5 Å². The van der Waals surface area contributed by atoms with Crippen molar-refractivity contribution in [1.29, 1.82) is 0 Å². The maximum absolute atomic E-state index is 12.5. The molecule has 31 heavy (non-hydrogen) atoms. The van der Waals surface area contributed by atoms with E-state index in [-0.39, 0.29) is 5.91 Å². The molecule has 156 valence electrons. The number of fused-ring (bicyclic) bond motifs is 1. The summed E-state index contributed by atoms with van der Waals surface area (Å²) in [5.41, 5.74) is 5.85. The SMILES string of the molecule is COc1cccc(/C=C/C(=O)Nc2ccc(C3=NCCc4ccccc43)cc2OC)c1. The highest BCUT2D eigenvalue weighted by Crippen LogP contribution is 2.29. The van der Waals surface area contributed by atoms with Crippen molar-refractivity contribution < 1.29 is 14.3 Å². The molecule has 0 radical (unpaired) electrons. The van der Waals surface area contributed by atoms with E-state index in [0.29, 0.717) is 11.4 Å². The Bertz CT molecular complexity index is 1160. The number of rotatable bonds is 6. The fraction of sp³-hybridized carbons (Fsp3) is 0.154. The van der Waals surface area contributed by atoms with Crippen molar-refractivity contribution in [3.63, 3.8) is 0 Å². The van der Waals surface area contributed by atoms with Crippen LogP contribution in [0.2, 0.25) is 0 Å². The number of methoxy groups -OCH3 is 2. The first-order valence-electron chi connectivity index (χ1n) is 10.1. The van der Waals surface area contributed by atoms with Gasteiger partial charge in [0.05, 0.1) is 25.6 Å². The Morgan fingerprint density at radius 2 is 1.87 bits per heavy atom. The number of carbonyl (C=O) groups excluding carboxylic acids is 1. The van der Waals surface area contributed by atoms with Crippen LogP contribution in [0.25, 0.3) is 6.08 Å². The zero-order chi connectivity index (χ0) is 21.6. The van der Waals surface area contributed by atoms with E-state index in [2.05, 4.69) is 23.5 Å². The molecular formula is C26H24N2O3. The Morgan fingerprint density at radius 3 is 2.71 bits per heavy atom. The summed E-state index contributed by atoms with van der Waals surface area (Å²) in [6.45, 7) is 0.766. The number of carbonyl (C=O) groups is 1. The van der Waals surface area contributed by atoms with Crippen molar-refractivity contribution >= 4 is 23.4 Å². The molecule has 0 atom stereocenters. The van der Waals surface area contributed by atoms with Gasteiger partial charge in [-0.05, 0) is 47.9 Å². The van der Waals surface area contributed by atoms with Crippen LogP contribution in [0.5, 0.6) is 11.5 Å². The van der Waals surface area contributed by atoms with Crippen molar-refractivity contribution in [3.05, 3.63) is 95.1 Å². The van der Waals surface area contributed by atoms with Gasteiger partial charge in [0.2, 0.25) is 5.91 Å². The van der Waals surface area contributed by atoms with Crippen molar-refractivity contribution in [1.82, 2.24) is 0 Å². The molecule has 1 N–H and O–H groups in total. The fourth-order valence-electron chi connectivity index (χ4n) is 3.62. The lowest BCUT2D eigenvalue weighted by molar-refractivity contribution is -0.111. The number of amides is 1. The van der Waals surface area contributed by atoms with Gasteiger partial charge in [-0.15, -0.1) is 0 Å². The van der Waals surface area contributed by atoms with Crippen LogP contribution in [0.3, 0.4) is 0 Å². The van der Waals surface area contributed by atoms with E-state index >= 15 is 0 Å². The van der Waals surface area contributed by atoms with Gasteiger partial charge < -0.3 is 14.8 Å². The summed E-state index contributed by atoms with van der Waals surface area (Å²) in [6.07, 6.45) is 4.18. The van der Waals surface area contributed by atoms with Gasteiger partial charge in [0.25, 0.3) is 0 Å². The van der Waals surface area contributed by atoms with Crippen molar-refractivity contribution in [2.75, 3.05) is 26.1 Å². The highest BCUT2D eigenvalue weighted by Gasteiger charge is 2.17. The van der Waals surface area contributed by atoms with E-state index in [1.165, 1.54) is 11.6 Å². The molecular weight excluding hydrogens is 388 g/mol. The highest BCUT2D eigenvalue weighted by atomic mass is 16.5. The van der Waals surface area contributed by atoms with E-state index in [0.717, 1.165) is 41.1 Å². The lowest BCUT2D eigenvalue weighted by atomic mass is 9.93. The van der Waals surface area contributed by atoms with E-state index in [9.17, 15) is 4.79 Å². The minimum Gasteiger partial charge on any atom is -0.497 e. The molecule has 1 aliphatic rings. The van der Waals surface area contributed by atoms with E-state index in [4.69, 9.17) is 14.5 Å². The quantitative estimate of drug-likeness (QED) is 0.595. The number of anilines is 1. The number of nitrogens with zero attached hydrogens (tertiary/aromatic N) is 1. The third kappa shape index (κ3) is 4.67. The molecule has 4 rings (SSSR count). The summed E-state index contributed by atoms with van der Waals surface area (Å²) in [5, 5.41) is 2.89. The molecule has 0 aromatic heterocycles. The zero-order valence-electron chi connectivity index (χ0n) is 17.6. The second kappa shape index (κ2) is 9.30. The van der Waals surface area contributed by atoms with Crippen LogP contribution in [0.1, 0.15) is 22.3 Å². The monoisotopic (exact) mass is 412 g/mol. The largest absolute Gasteiger partial charge is 0.497 e. The lowest BCUT2D eigenvalue weighted by Gasteiger charge is -2.18. The molecule has 0 saturated heterocycles. The summed E-state index contributed by atoms with van der Waals surface area (Å²) in [7, 11) is 3.21. The van der Waals surface area contributed by atoms with Gasteiger partial charge in [-0.3, -0.25) is 9.79 Å². The first kappa shape index (κ1) is 20.4. The fourth-order valence-corrected chi connectivity index (χ4v) is 3.62. The lowest BCUT2D eigenvalue weighted by Crippen LogP contribution is -2.14. The van der Waals surface area contributed by atoms with E-state index in [1.807, 2.05) is 48.5 Å². The summed E-state index contributed by atoms with van der Waals surface area (Å²) in [6, 6.07) is 21.6. The van der Waals surface area contributed by atoms with Crippen LogP contribution >= 0.6 is 0 Å². The van der Waals surface area contributed by atoms with E-state index in [1.54, 1.807) is 20.3 Å². The molecule has 0 bridgehead atoms. The highest BCUT2D eigenvalue weighted by molar-refractivity contribution is 6.15. The molecule has 0 unspecified atom stereocenters. The second-order valence-corrected chi connectivity index (χ2v) is 7.15. The average molecular weight is 412 g/mol. The van der Waals surface area contributed by atoms with Gasteiger partial charge in [0.1, 0.15) is 11.5 Å². The predicted molar refractivity (Wildman–Crippen MR) is 124 cm³/mol. The summed E-state index contributed by atoms with van der Waals surface area (Å²) < 4.78 is 10.8. The van der Waals surface area contributed by atoms with Crippen LogP contribution in [-0.4, -0.2) is 32.4 Å². The minimum absolute atomic E-state index is 0.241. The Morgan fingerprint density at radius 1 is 1.00 bits per heavy atom. The molecule has 1 aliphatic heterocycles. The number of hydrogen-bond donors (Lipinski definition) is 1. The van der Waals surface area contributed by atoms with Crippen molar-refractivity contribution in [2.45, 2.75) is 6.42 Å². The first-order valence-corrected chi connectivity index (χ1v) is 10.1. The molecule has 3 aromatic rings. The number of benzene rings is 3. The van der Waals surface area contributed by atoms with Gasteiger partial charge in [-0.1, -0.05) is 42.5 Å². The topological polar surface area (TPSA) is 59.9 Å². The maximum Gasteiger partial charge on any atom is 0.248 e. The molecule has 5 nitrogen and oxygen atoms in total. The third-order valence-electron chi connectivity index (χ3n) is 5.18. The van der Waals surface area contributed by atoms with Crippen LogP contribution in [0.15, 0.2) is 77.8 Å². The van der Waals surface area contributed by atoms with Crippen molar-refractivity contribution in [2.24, 2.45) is 4.99 Å². The molecule has 0 aliphatic carbocycles. The van der Waals surface area contributed by atoms with Crippen LogP contribution in [0, 0.1) is 0 Å². The number of aliphatic imine (C=N–C) groups is 1. The van der Waals surface area contributed by atoms with Crippen LogP contribution < -0.4 is 14.8 Å². The smallest absolute Gasteiger partial charge is 0.248 e. The van der Waals surface area contributed by atoms with Gasteiger partial charge >= 0.3 is 0 Å². The molecule has 0 spiro atoms. The maximum atomic E-state index is 12.5. The summed E-state index contributed by atoms with van der Waals surface area (Å²) >= 11 is 0. The third-order valence-corrected chi connectivity index (χ3v) is 5.18. The molecule has 0 fully saturated rings. The zero-order valence-corrected chi connectivity index (χ0v) is 17.6. The van der Waals surface area contributed by atoms with Gasteiger partial charge in [0.15, 0.2) is 0 Å². The Balaban J connectivity index is 1.53. The minimum atomic E-state index is -0.241. The van der Waals surface area contributed by atoms with Gasteiger partial charge in [-0.25, -0.2) is 0 Å². The molecule has 0 saturated carbocycles. The molecule has 1 heterocycles. The van der Waals surface area contributed by atoms with E-state index < -0.39 is 0 Å². The number of hydrogen-bond acceptors (Lipinski definition) is 4. The Hall–Kier alpha value is -3.86. The van der Waals surface area contributed by atoms with Crippen LogP contribution in [-0.2, 0) is 11.2 Å². The normalized spacial score (nSPS) is 12.8. The summed E-state index contributed by atoms with van der Waals surface area (Å²) in [5.74, 6) is 1.09. The Kier molecular flexibility index (Phi) is 6.13. The first-order chi connectivity index (χ1) is 15.2. The summed E-state index contributed by atoms with van der Waals surface area (Å²) in [4.78, 5) is 17.2. The Labute approximate surface area is 182 Å². The number of nitrogens with one attached hydrogen (secondary N) is 1. The average Bonchev–Trinajstić information content (AvgIpc) is 2.83. The second-order valence-electron chi connectivity index (χ2n) is 7.15. The molecule has 3 aromatic carbocycles. The predicted octanol–water partition coefficient (Wildman–Crippen LogP) is 4.75. The number of ether oxygens (including phenoxy) is 2. The molecule has 1 amide bonds. The van der Waals surface area contributed by atoms with Gasteiger partial charge in [-0.2, -0.15) is 0 Å². The molecule has 5 heteroatoms. The van der Waals surface area contributed by atoms with Gasteiger partial charge in [0, 0.05) is 23.7 Å².